The molecular formula is C10H11N3O. The van der Waals surface area contributed by atoms with Crippen LogP contribution in [-0.2, 0) is 0 Å². The first-order valence-electron chi connectivity index (χ1n) is 4.69. The van der Waals surface area contributed by atoms with Crippen LogP contribution in [0.1, 0.15) is 18.4 Å². The minimum absolute atomic E-state index is 0.147. The van der Waals surface area contributed by atoms with Crippen molar-refractivity contribution < 1.29 is 0 Å². The van der Waals surface area contributed by atoms with Crippen molar-refractivity contribution in [3.63, 3.8) is 0 Å². The van der Waals surface area contributed by atoms with Crippen molar-refractivity contribution in [1.82, 2.24) is 4.98 Å². The minimum Gasteiger partial charge on any atom is -0.357 e. The maximum atomic E-state index is 11.1. The molecule has 0 radical (unpaired) electrons. The molecule has 14 heavy (non-hydrogen) atoms. The number of hydrogen-bond acceptors (Lipinski definition) is 3. The maximum absolute atomic E-state index is 11.1. The van der Waals surface area contributed by atoms with Crippen LogP contribution < -0.4 is 10.5 Å². The largest absolute Gasteiger partial charge is 0.357 e. The average molecular weight is 189 g/mol. The van der Waals surface area contributed by atoms with E-state index in [4.69, 9.17) is 5.26 Å². The molecule has 72 valence electrons. The van der Waals surface area contributed by atoms with Gasteiger partial charge in [0.25, 0.3) is 0 Å². The van der Waals surface area contributed by atoms with E-state index in [-0.39, 0.29) is 5.56 Å². The van der Waals surface area contributed by atoms with Crippen molar-refractivity contribution in [3.8, 4) is 6.07 Å². The Labute approximate surface area is 81.8 Å². The lowest BCUT2D eigenvalue weighted by atomic mass is 10.2. The molecule has 4 heteroatoms. The minimum atomic E-state index is -0.147. The van der Waals surface area contributed by atoms with E-state index in [0.717, 1.165) is 25.9 Å². The lowest BCUT2D eigenvalue weighted by Crippen LogP contribution is -2.23. The Bertz CT molecular complexity index is 424. The summed E-state index contributed by atoms with van der Waals surface area (Å²) < 4.78 is 0. The predicted octanol–water partition coefficient (Wildman–Crippen LogP) is 0.847. The fourth-order valence-corrected chi connectivity index (χ4v) is 1.74. The van der Waals surface area contributed by atoms with Crippen LogP contribution in [0.3, 0.4) is 0 Å². The Morgan fingerprint density at radius 1 is 1.36 bits per heavy atom. The average Bonchev–Trinajstić information content (AvgIpc) is 2.70. The summed E-state index contributed by atoms with van der Waals surface area (Å²) in [5.41, 5.74) is 0.400. The molecule has 0 atom stereocenters. The number of pyridine rings is 1. The van der Waals surface area contributed by atoms with Crippen molar-refractivity contribution in [2.45, 2.75) is 12.8 Å². The van der Waals surface area contributed by atoms with Gasteiger partial charge in [0.2, 0.25) is 5.56 Å². The lowest BCUT2D eigenvalue weighted by Gasteiger charge is -2.17. The van der Waals surface area contributed by atoms with Gasteiger partial charge in [0.15, 0.2) is 0 Å². The van der Waals surface area contributed by atoms with Gasteiger partial charge in [-0.25, -0.2) is 0 Å². The molecule has 1 fully saturated rings. The zero-order chi connectivity index (χ0) is 9.97. The van der Waals surface area contributed by atoms with Gasteiger partial charge in [0.1, 0.15) is 11.9 Å². The molecule has 2 rings (SSSR count). The fraction of sp³-hybridized carbons (Fsp3) is 0.400. The standard InChI is InChI=1S/C10H11N3O/c11-7-8-3-4-9(14)12-10(8)13-5-1-2-6-13/h3-4H,1-2,5-6H2,(H,12,14). The first-order chi connectivity index (χ1) is 6.81. The molecule has 1 N–H and O–H groups in total. The molecule has 0 unspecified atom stereocenters. The second-order valence-electron chi connectivity index (χ2n) is 3.39. The molecule has 1 saturated heterocycles. The SMILES string of the molecule is N#Cc1ccc(=O)[nH]c1N1CCCC1. The van der Waals surface area contributed by atoms with Gasteiger partial charge in [0.05, 0.1) is 5.56 Å². The van der Waals surface area contributed by atoms with Gasteiger partial charge in [-0.15, -0.1) is 0 Å². The summed E-state index contributed by atoms with van der Waals surface area (Å²) in [6.45, 7) is 1.85. The number of nitriles is 1. The van der Waals surface area contributed by atoms with Gasteiger partial charge >= 0.3 is 0 Å². The molecule has 2 heterocycles. The molecule has 0 aliphatic carbocycles. The Morgan fingerprint density at radius 3 is 2.71 bits per heavy atom. The maximum Gasteiger partial charge on any atom is 0.249 e. The third-order valence-corrected chi connectivity index (χ3v) is 2.44. The monoisotopic (exact) mass is 189 g/mol. The first-order valence-corrected chi connectivity index (χ1v) is 4.69. The van der Waals surface area contributed by atoms with Crippen LogP contribution in [0.2, 0.25) is 0 Å². The molecular weight excluding hydrogens is 178 g/mol. The molecule has 0 bridgehead atoms. The van der Waals surface area contributed by atoms with Crippen LogP contribution in [0.15, 0.2) is 16.9 Å². The Balaban J connectivity index is 2.44. The molecule has 1 aromatic heterocycles. The summed E-state index contributed by atoms with van der Waals surface area (Å²) in [7, 11) is 0. The van der Waals surface area contributed by atoms with E-state index >= 15 is 0 Å². The van der Waals surface area contributed by atoms with E-state index in [2.05, 4.69) is 16.0 Å². The number of nitrogens with one attached hydrogen (secondary N) is 1. The molecule has 0 saturated carbocycles. The van der Waals surface area contributed by atoms with E-state index in [1.54, 1.807) is 6.07 Å². The van der Waals surface area contributed by atoms with Crippen molar-refractivity contribution in [1.29, 1.82) is 5.26 Å². The topological polar surface area (TPSA) is 59.9 Å². The summed E-state index contributed by atoms with van der Waals surface area (Å²) >= 11 is 0. The van der Waals surface area contributed by atoms with Crippen LogP contribution >= 0.6 is 0 Å². The second kappa shape index (κ2) is 3.54. The van der Waals surface area contributed by atoms with Gasteiger partial charge in [-0.05, 0) is 18.9 Å². The Morgan fingerprint density at radius 2 is 2.07 bits per heavy atom. The van der Waals surface area contributed by atoms with Gasteiger partial charge in [-0.1, -0.05) is 0 Å². The summed E-state index contributed by atoms with van der Waals surface area (Å²) in [5.74, 6) is 0.678. The summed E-state index contributed by atoms with van der Waals surface area (Å²) in [5, 5.41) is 8.87. The zero-order valence-electron chi connectivity index (χ0n) is 7.79. The zero-order valence-corrected chi connectivity index (χ0v) is 7.79. The van der Waals surface area contributed by atoms with Crippen molar-refractivity contribution in [3.05, 3.63) is 28.0 Å². The van der Waals surface area contributed by atoms with E-state index in [1.807, 2.05) is 0 Å². The molecule has 1 aromatic rings. The summed E-state index contributed by atoms with van der Waals surface area (Å²) in [6.07, 6.45) is 2.25. The Kier molecular flexibility index (Phi) is 2.23. The molecule has 0 aromatic carbocycles. The molecule has 1 aliphatic rings. The van der Waals surface area contributed by atoms with Crippen LogP contribution in [0.5, 0.6) is 0 Å². The number of aromatic amines is 1. The van der Waals surface area contributed by atoms with E-state index < -0.39 is 0 Å². The van der Waals surface area contributed by atoms with Crippen molar-refractivity contribution >= 4 is 5.82 Å². The van der Waals surface area contributed by atoms with E-state index in [1.165, 1.54) is 6.07 Å². The lowest BCUT2D eigenvalue weighted by molar-refractivity contribution is 0.927. The van der Waals surface area contributed by atoms with Gasteiger partial charge in [0, 0.05) is 19.2 Å². The van der Waals surface area contributed by atoms with Crippen LogP contribution in [0, 0.1) is 11.3 Å². The van der Waals surface area contributed by atoms with E-state index in [9.17, 15) is 4.79 Å². The molecule has 1 aliphatic heterocycles. The Hall–Kier alpha value is -1.76. The van der Waals surface area contributed by atoms with Gasteiger partial charge in [-0.2, -0.15) is 5.26 Å². The highest BCUT2D eigenvalue weighted by Crippen LogP contribution is 2.19. The number of H-pyrrole nitrogens is 1. The summed E-state index contributed by atoms with van der Waals surface area (Å²) in [4.78, 5) is 15.9. The normalized spacial score (nSPS) is 15.5. The summed E-state index contributed by atoms with van der Waals surface area (Å²) in [6, 6.07) is 5.05. The highest BCUT2D eigenvalue weighted by Gasteiger charge is 2.16. The molecule has 0 amide bonds. The predicted molar refractivity (Wildman–Crippen MR) is 53.2 cm³/mol. The van der Waals surface area contributed by atoms with Gasteiger partial charge in [-0.3, -0.25) is 4.79 Å². The van der Waals surface area contributed by atoms with Crippen molar-refractivity contribution in [2.24, 2.45) is 0 Å². The first kappa shape index (κ1) is 8.82. The van der Waals surface area contributed by atoms with Crippen LogP contribution in [0.4, 0.5) is 5.82 Å². The number of aromatic nitrogens is 1. The van der Waals surface area contributed by atoms with Crippen molar-refractivity contribution in [2.75, 3.05) is 18.0 Å². The number of anilines is 1. The smallest absolute Gasteiger partial charge is 0.249 e. The highest BCUT2D eigenvalue weighted by molar-refractivity contribution is 5.53. The quantitative estimate of drug-likeness (QED) is 0.712. The van der Waals surface area contributed by atoms with Crippen LogP contribution in [-0.4, -0.2) is 18.1 Å². The molecule has 0 spiro atoms. The third-order valence-electron chi connectivity index (χ3n) is 2.44. The molecule has 4 nitrogen and oxygen atoms in total. The number of hydrogen-bond donors (Lipinski definition) is 1. The van der Waals surface area contributed by atoms with E-state index in [0.29, 0.717) is 11.4 Å². The number of rotatable bonds is 1. The fourth-order valence-electron chi connectivity index (χ4n) is 1.74. The van der Waals surface area contributed by atoms with Gasteiger partial charge < -0.3 is 9.88 Å². The van der Waals surface area contributed by atoms with Crippen LogP contribution in [0.25, 0.3) is 0 Å². The second-order valence-corrected chi connectivity index (χ2v) is 3.39. The highest BCUT2D eigenvalue weighted by atomic mass is 16.1. The number of nitrogens with zero attached hydrogens (tertiary/aromatic N) is 2. The third kappa shape index (κ3) is 1.49.